The van der Waals surface area contributed by atoms with E-state index in [1.54, 1.807) is 44.7 Å². The second-order valence-electron chi connectivity index (χ2n) is 17.2. The van der Waals surface area contributed by atoms with Gasteiger partial charge in [-0.05, 0) is 0 Å². The van der Waals surface area contributed by atoms with Crippen LogP contribution in [-0.2, 0) is 18.3 Å². The van der Waals surface area contributed by atoms with Gasteiger partial charge in [-0.1, -0.05) is 0 Å². The van der Waals surface area contributed by atoms with E-state index >= 15 is 0 Å². The molecule has 6 aliphatic rings. The number of halogens is 2. The van der Waals surface area contributed by atoms with Crippen LogP contribution in [0.2, 0.25) is 0 Å². The summed E-state index contributed by atoms with van der Waals surface area (Å²) < 4.78 is 7.63. The first-order valence-corrected chi connectivity index (χ1v) is 30.9. The molecule has 6 heteroatoms. The van der Waals surface area contributed by atoms with Gasteiger partial charge in [0.1, 0.15) is 0 Å². The van der Waals surface area contributed by atoms with Crippen molar-refractivity contribution in [3.8, 4) is 0 Å². The predicted molar refractivity (Wildman–Crippen MR) is 205 cm³/mol. The average Bonchev–Trinajstić information content (AvgIpc) is 3.12. The molecule has 45 heavy (non-hydrogen) atoms. The molecule has 0 aromatic carbocycles. The molecule has 0 amide bonds. The molecule has 6 saturated carbocycles. The van der Waals surface area contributed by atoms with Crippen LogP contribution in [0, 0.1) is 0 Å². The maximum atomic E-state index is 7.63. The Kier molecular flexibility index (Phi) is 15.0. The summed E-state index contributed by atoms with van der Waals surface area (Å²) in [5.41, 5.74) is 6.20. The van der Waals surface area contributed by atoms with Crippen LogP contribution in [0.5, 0.6) is 0 Å². The number of hydrogen-bond donors (Lipinski definition) is 0. The molecule has 0 heterocycles. The van der Waals surface area contributed by atoms with Crippen molar-refractivity contribution in [1.82, 2.24) is 0 Å². The summed E-state index contributed by atoms with van der Waals surface area (Å²) in [5.74, 6) is 0.526. The average molecular weight is 791 g/mol. The Morgan fingerprint density at radius 1 is 0.444 bits per heavy atom. The van der Waals surface area contributed by atoms with Gasteiger partial charge >= 0.3 is 296 Å². The van der Waals surface area contributed by atoms with Crippen molar-refractivity contribution in [2.75, 3.05) is 6.16 Å². The Bertz CT molecular complexity index is 800. The molecule has 0 aromatic heterocycles. The first-order chi connectivity index (χ1) is 22.2. The Balaban J connectivity index is 1.52. The number of ether oxygens (including phenoxy) is 1. The van der Waals surface area contributed by atoms with Crippen LogP contribution < -0.4 is 0 Å². The quantitative estimate of drug-likeness (QED) is 0.150. The van der Waals surface area contributed by atoms with Gasteiger partial charge in [-0.25, -0.2) is 0 Å². The second-order valence-corrected chi connectivity index (χ2v) is 33.0. The van der Waals surface area contributed by atoms with E-state index in [-0.39, 0.29) is 0 Å². The molecule has 1 unspecified atom stereocenters. The molecule has 0 bridgehead atoms. The number of rotatable bonds is 11. The fourth-order valence-corrected chi connectivity index (χ4v) is 33.7. The molecule has 0 spiro atoms. The molecule has 0 N–H and O–H groups in total. The molecule has 0 saturated heterocycles. The van der Waals surface area contributed by atoms with Gasteiger partial charge < -0.3 is 0 Å². The molecule has 6 fully saturated rings. The topological polar surface area (TPSA) is 9.23 Å². The third-order valence-electron chi connectivity index (χ3n) is 15.4. The van der Waals surface area contributed by atoms with Crippen molar-refractivity contribution in [2.45, 2.75) is 232 Å². The van der Waals surface area contributed by atoms with Gasteiger partial charge in [0.05, 0.1) is 0 Å². The van der Waals surface area contributed by atoms with Gasteiger partial charge in [-0.3, -0.25) is 0 Å². The van der Waals surface area contributed by atoms with Crippen molar-refractivity contribution < 1.29 is 18.3 Å². The predicted octanol–water partition coefficient (Wildman–Crippen LogP) is 13.5. The van der Waals surface area contributed by atoms with Crippen molar-refractivity contribution in [2.24, 2.45) is 0 Å². The molecular formula is C39H72Cl2OP2Ru. The zero-order valence-corrected chi connectivity index (χ0v) is 34.3. The summed E-state index contributed by atoms with van der Waals surface area (Å²) >= 11 is -2.01. The summed E-state index contributed by atoms with van der Waals surface area (Å²) in [7, 11) is 9.99. The fourth-order valence-electron chi connectivity index (χ4n) is 13.8. The fraction of sp³-hybridized carbons (Fsp3) is 0.974. The van der Waals surface area contributed by atoms with E-state index in [0.29, 0.717) is 5.85 Å². The molecule has 6 rings (SSSR count). The van der Waals surface area contributed by atoms with Crippen molar-refractivity contribution in [3.63, 3.8) is 0 Å². The van der Waals surface area contributed by atoms with Crippen LogP contribution in [-0.4, -0.2) is 50.8 Å². The Morgan fingerprint density at radius 2 is 0.711 bits per heavy atom. The van der Waals surface area contributed by atoms with Crippen LogP contribution in [0.25, 0.3) is 0 Å². The minimum absolute atomic E-state index is 0.526. The van der Waals surface area contributed by atoms with E-state index in [1.807, 2.05) is 0 Å². The van der Waals surface area contributed by atoms with Gasteiger partial charge in [-0.15, -0.1) is 0 Å². The molecular weight excluding hydrogens is 718 g/mol. The summed E-state index contributed by atoms with van der Waals surface area (Å²) in [6.45, 7) is 0. The van der Waals surface area contributed by atoms with Crippen molar-refractivity contribution in [3.05, 3.63) is 0 Å². The van der Waals surface area contributed by atoms with Gasteiger partial charge in [0.25, 0.3) is 0 Å². The molecule has 0 aliphatic heterocycles. The third kappa shape index (κ3) is 8.52. The maximum absolute atomic E-state index is 7.63. The van der Waals surface area contributed by atoms with Crippen LogP contribution in [0.15, 0.2) is 0 Å². The standard InChI is InChI=1S/C39H72OP2.2ClH.Ru/c1-40-39(42(36-26-14-5-15-27-36,37-28-16-6-17-29-37)38-30-18-7-19-31-38)32-41(33-20-8-2-9-21-33,34-22-10-3-11-23-34)35-24-12-4-13-25-35;;;/h1,33-39,41-42H,2-32H2;2*1H;/q;;;+2/p-2. The van der Waals surface area contributed by atoms with E-state index in [0.717, 1.165) is 34.0 Å². The summed E-state index contributed by atoms with van der Waals surface area (Å²) in [4.78, 5) is 2.14. The van der Waals surface area contributed by atoms with E-state index < -0.39 is 28.0 Å². The Morgan fingerprint density at radius 3 is 0.978 bits per heavy atom. The van der Waals surface area contributed by atoms with Crippen LogP contribution in [0.4, 0.5) is 0 Å². The molecule has 266 valence electrons. The Hall–Kier alpha value is 1.89. The normalized spacial score (nSPS) is 28.9. The summed E-state index contributed by atoms with van der Waals surface area (Å²) in [5, 5.41) is 0. The monoisotopic (exact) mass is 790 g/mol. The van der Waals surface area contributed by atoms with E-state index in [2.05, 4.69) is 4.80 Å². The third-order valence-corrected chi connectivity index (χ3v) is 31.9. The van der Waals surface area contributed by atoms with E-state index in [4.69, 9.17) is 24.1 Å². The van der Waals surface area contributed by atoms with Gasteiger partial charge in [-0.2, -0.15) is 0 Å². The zero-order chi connectivity index (χ0) is 31.0. The molecule has 1 nitrogen and oxygen atoms in total. The van der Waals surface area contributed by atoms with Crippen LogP contribution in [0.3, 0.4) is 0 Å². The molecule has 0 aromatic rings. The van der Waals surface area contributed by atoms with Crippen LogP contribution >= 0.6 is 33.9 Å². The summed E-state index contributed by atoms with van der Waals surface area (Å²) in [6.07, 6.45) is 47.2. The summed E-state index contributed by atoms with van der Waals surface area (Å²) in [6, 6.07) is 0. The van der Waals surface area contributed by atoms with Gasteiger partial charge in [0.2, 0.25) is 0 Å². The number of hydrogen-bond acceptors (Lipinski definition) is 1. The first kappa shape index (κ1) is 36.7. The van der Waals surface area contributed by atoms with Gasteiger partial charge in [0.15, 0.2) is 0 Å². The second kappa shape index (κ2) is 18.4. The van der Waals surface area contributed by atoms with Crippen molar-refractivity contribution >= 4 is 38.7 Å². The zero-order valence-electron chi connectivity index (χ0n) is 29.1. The van der Waals surface area contributed by atoms with Crippen molar-refractivity contribution in [1.29, 1.82) is 0 Å². The Labute approximate surface area is 293 Å². The minimum atomic E-state index is -2.01. The first-order valence-electron chi connectivity index (χ1n) is 20.6. The SMILES string of the molecule is [Cl][Ru]([Cl])=[CH]OC(C[PH](C1CCCCC1)(C1CCCCC1)C1CCCCC1)[PH](C1CCCCC1)(C1CCCCC1)C1CCCCC1. The van der Waals surface area contributed by atoms with Crippen LogP contribution in [0.1, 0.15) is 193 Å². The molecule has 6 aliphatic carbocycles. The molecule has 1 atom stereocenters. The van der Waals surface area contributed by atoms with E-state index in [9.17, 15) is 0 Å². The van der Waals surface area contributed by atoms with Gasteiger partial charge in [0, 0.05) is 0 Å². The molecule has 0 radical (unpaired) electrons. The van der Waals surface area contributed by atoms with E-state index in [1.165, 1.54) is 154 Å².